The Labute approximate surface area is 205 Å². The van der Waals surface area contributed by atoms with Crippen molar-refractivity contribution in [3.05, 3.63) is 108 Å². The molecule has 0 bridgehead atoms. The SMILES string of the molecule is O=C(O)Cc1cccc(-c2cn(-c3cccc(C(=O)NCc4ccc(-n5cccn5)nc4)c3)nn2)c1. The molecule has 5 rings (SSSR count). The quantitative estimate of drug-likeness (QED) is 0.350. The van der Waals surface area contributed by atoms with E-state index in [1.54, 1.807) is 64.4 Å². The Morgan fingerprint density at radius 1 is 0.944 bits per heavy atom. The maximum atomic E-state index is 12.8. The molecule has 0 radical (unpaired) electrons. The second-order valence-electron chi connectivity index (χ2n) is 8.03. The highest BCUT2D eigenvalue weighted by atomic mass is 16.4. The number of rotatable bonds is 8. The Balaban J connectivity index is 1.26. The van der Waals surface area contributed by atoms with Crippen LogP contribution in [0.1, 0.15) is 21.5 Å². The average molecular weight is 480 g/mol. The summed E-state index contributed by atoms with van der Waals surface area (Å²) in [7, 11) is 0. The van der Waals surface area contributed by atoms with Crippen LogP contribution in [-0.2, 0) is 17.8 Å². The van der Waals surface area contributed by atoms with Gasteiger partial charge in [0.25, 0.3) is 5.91 Å². The molecule has 3 heterocycles. The van der Waals surface area contributed by atoms with Gasteiger partial charge in [0, 0.05) is 36.3 Å². The molecule has 10 nitrogen and oxygen atoms in total. The number of aromatic nitrogens is 6. The minimum Gasteiger partial charge on any atom is -0.481 e. The lowest BCUT2D eigenvalue weighted by molar-refractivity contribution is -0.136. The zero-order valence-corrected chi connectivity index (χ0v) is 19.0. The van der Waals surface area contributed by atoms with Crippen LogP contribution in [0, 0.1) is 0 Å². The number of hydrogen-bond acceptors (Lipinski definition) is 6. The molecule has 0 aliphatic rings. The fourth-order valence-corrected chi connectivity index (χ4v) is 3.67. The minimum absolute atomic E-state index is 0.0658. The molecule has 0 saturated carbocycles. The second-order valence-corrected chi connectivity index (χ2v) is 8.03. The van der Waals surface area contributed by atoms with Gasteiger partial charge in [-0.1, -0.05) is 35.5 Å². The molecule has 0 fully saturated rings. The van der Waals surface area contributed by atoms with Crippen LogP contribution in [-0.4, -0.2) is 46.7 Å². The number of benzene rings is 2. The molecule has 10 heteroatoms. The van der Waals surface area contributed by atoms with Gasteiger partial charge in [-0.3, -0.25) is 9.59 Å². The second kappa shape index (κ2) is 10.0. The predicted octanol–water partition coefficient (Wildman–Crippen LogP) is 3.07. The minimum atomic E-state index is -0.895. The number of carboxylic acids is 1. The van der Waals surface area contributed by atoms with E-state index in [0.717, 1.165) is 11.1 Å². The highest BCUT2D eigenvalue weighted by Gasteiger charge is 2.11. The number of nitrogens with zero attached hydrogens (tertiary/aromatic N) is 6. The van der Waals surface area contributed by atoms with Gasteiger partial charge in [0.05, 0.1) is 18.3 Å². The number of amides is 1. The van der Waals surface area contributed by atoms with E-state index >= 15 is 0 Å². The number of carboxylic acid groups (broad SMARTS) is 1. The molecule has 2 N–H and O–H groups in total. The van der Waals surface area contributed by atoms with Gasteiger partial charge in [0.2, 0.25) is 0 Å². The molecule has 0 spiro atoms. The van der Waals surface area contributed by atoms with Crippen LogP contribution in [0.25, 0.3) is 22.8 Å². The summed E-state index contributed by atoms with van der Waals surface area (Å²) < 4.78 is 3.24. The standard InChI is InChI=1S/C26H21N7O3/c34-25(35)13-18-4-1-5-20(12-18)23-17-33(31-30-23)22-7-2-6-21(14-22)26(36)28-16-19-8-9-24(27-15-19)32-11-3-10-29-32/h1-12,14-15,17H,13,16H2,(H,28,36)(H,34,35). The summed E-state index contributed by atoms with van der Waals surface area (Å²) in [4.78, 5) is 28.1. The van der Waals surface area contributed by atoms with E-state index in [1.807, 2.05) is 36.5 Å². The van der Waals surface area contributed by atoms with Crippen LogP contribution in [0.3, 0.4) is 0 Å². The van der Waals surface area contributed by atoms with E-state index in [2.05, 4.69) is 25.7 Å². The van der Waals surface area contributed by atoms with Gasteiger partial charge in [-0.15, -0.1) is 5.10 Å². The number of pyridine rings is 1. The van der Waals surface area contributed by atoms with Crippen molar-refractivity contribution in [3.63, 3.8) is 0 Å². The zero-order valence-electron chi connectivity index (χ0n) is 19.0. The Hall–Kier alpha value is -5.12. The third-order valence-corrected chi connectivity index (χ3v) is 5.45. The first kappa shape index (κ1) is 22.7. The molecular weight excluding hydrogens is 458 g/mol. The van der Waals surface area contributed by atoms with Gasteiger partial charge in [0.1, 0.15) is 5.69 Å². The molecule has 1 amide bonds. The Kier molecular flexibility index (Phi) is 6.31. The third-order valence-electron chi connectivity index (χ3n) is 5.45. The van der Waals surface area contributed by atoms with E-state index < -0.39 is 5.97 Å². The van der Waals surface area contributed by atoms with Gasteiger partial charge >= 0.3 is 5.97 Å². The van der Waals surface area contributed by atoms with Crippen molar-refractivity contribution in [2.45, 2.75) is 13.0 Å². The smallest absolute Gasteiger partial charge is 0.307 e. The van der Waals surface area contributed by atoms with Crippen molar-refractivity contribution in [2.24, 2.45) is 0 Å². The topological polar surface area (TPSA) is 128 Å². The molecule has 0 aliphatic carbocycles. The Bertz CT molecular complexity index is 1510. The van der Waals surface area contributed by atoms with Crippen molar-refractivity contribution >= 4 is 11.9 Å². The van der Waals surface area contributed by atoms with E-state index in [4.69, 9.17) is 5.11 Å². The summed E-state index contributed by atoms with van der Waals surface area (Å²) >= 11 is 0. The molecule has 2 aromatic carbocycles. The van der Waals surface area contributed by atoms with E-state index in [9.17, 15) is 9.59 Å². The van der Waals surface area contributed by atoms with Crippen LogP contribution in [0.5, 0.6) is 0 Å². The summed E-state index contributed by atoms with van der Waals surface area (Å²) in [5.74, 6) is -0.424. The summed E-state index contributed by atoms with van der Waals surface area (Å²) in [6.45, 7) is 0.329. The van der Waals surface area contributed by atoms with Gasteiger partial charge in [-0.2, -0.15) is 5.10 Å². The van der Waals surface area contributed by atoms with Crippen LogP contribution in [0.2, 0.25) is 0 Å². The lowest BCUT2D eigenvalue weighted by atomic mass is 10.1. The van der Waals surface area contributed by atoms with Crippen molar-refractivity contribution in [1.82, 2.24) is 35.1 Å². The van der Waals surface area contributed by atoms with E-state index in [0.29, 0.717) is 34.9 Å². The van der Waals surface area contributed by atoms with Gasteiger partial charge in [-0.25, -0.2) is 14.3 Å². The molecule has 36 heavy (non-hydrogen) atoms. The normalized spacial score (nSPS) is 10.8. The molecule has 5 aromatic rings. The maximum absolute atomic E-state index is 12.8. The monoisotopic (exact) mass is 479 g/mol. The van der Waals surface area contributed by atoms with Gasteiger partial charge in [-0.05, 0) is 47.5 Å². The summed E-state index contributed by atoms with van der Waals surface area (Å²) in [6, 6.07) is 19.8. The predicted molar refractivity (Wildman–Crippen MR) is 131 cm³/mol. The maximum Gasteiger partial charge on any atom is 0.307 e. The average Bonchev–Trinajstić information content (AvgIpc) is 3.61. The van der Waals surface area contributed by atoms with Gasteiger partial charge in [0.15, 0.2) is 5.82 Å². The lowest BCUT2D eigenvalue weighted by Crippen LogP contribution is -2.23. The number of nitrogens with one attached hydrogen (secondary N) is 1. The van der Waals surface area contributed by atoms with Crippen LogP contribution < -0.4 is 5.32 Å². The van der Waals surface area contributed by atoms with Crippen LogP contribution in [0.15, 0.2) is 91.5 Å². The number of aliphatic carboxylic acids is 1. The number of carbonyl (C=O) groups is 2. The number of carbonyl (C=O) groups excluding carboxylic acids is 1. The highest BCUT2D eigenvalue weighted by molar-refractivity contribution is 5.94. The van der Waals surface area contributed by atoms with Gasteiger partial charge < -0.3 is 10.4 Å². The largest absolute Gasteiger partial charge is 0.481 e. The van der Waals surface area contributed by atoms with Crippen molar-refractivity contribution < 1.29 is 14.7 Å². The zero-order chi connectivity index (χ0) is 24.9. The molecule has 0 aliphatic heterocycles. The molecule has 0 saturated heterocycles. The van der Waals surface area contributed by atoms with E-state index in [-0.39, 0.29) is 12.3 Å². The molecular formula is C26H21N7O3. The van der Waals surface area contributed by atoms with Crippen LogP contribution in [0.4, 0.5) is 0 Å². The fourth-order valence-electron chi connectivity index (χ4n) is 3.67. The van der Waals surface area contributed by atoms with E-state index in [1.165, 1.54) is 0 Å². The van der Waals surface area contributed by atoms with Crippen molar-refractivity contribution in [1.29, 1.82) is 0 Å². The lowest BCUT2D eigenvalue weighted by Gasteiger charge is -2.08. The Morgan fingerprint density at radius 2 is 1.83 bits per heavy atom. The molecule has 3 aromatic heterocycles. The Morgan fingerprint density at radius 3 is 2.61 bits per heavy atom. The fraction of sp³-hybridized carbons (Fsp3) is 0.0769. The summed E-state index contributed by atoms with van der Waals surface area (Å²) in [6.07, 6.45) is 6.87. The first-order chi connectivity index (χ1) is 17.5. The van der Waals surface area contributed by atoms with Crippen molar-refractivity contribution in [3.8, 4) is 22.8 Å². The molecule has 178 valence electrons. The summed E-state index contributed by atoms with van der Waals surface area (Å²) in [5, 5.41) is 24.5. The van der Waals surface area contributed by atoms with Crippen molar-refractivity contribution in [2.75, 3.05) is 0 Å². The number of hydrogen-bond donors (Lipinski definition) is 2. The first-order valence-corrected chi connectivity index (χ1v) is 11.1. The third kappa shape index (κ3) is 5.17. The molecule has 0 unspecified atom stereocenters. The summed E-state index contributed by atoms with van der Waals surface area (Å²) in [5.41, 5.74) is 4.06. The highest BCUT2D eigenvalue weighted by Crippen LogP contribution is 2.20. The first-order valence-electron chi connectivity index (χ1n) is 11.1. The van der Waals surface area contributed by atoms with Crippen LogP contribution >= 0.6 is 0 Å². The molecule has 0 atom stereocenters.